The van der Waals surface area contributed by atoms with Gasteiger partial charge in [-0.25, -0.2) is 0 Å². The van der Waals surface area contributed by atoms with Crippen molar-refractivity contribution in [3.8, 4) is 0 Å². The molecule has 0 aromatic carbocycles. The number of nitrogens with two attached hydrogens (primary N) is 1. The summed E-state index contributed by atoms with van der Waals surface area (Å²) in [6, 6.07) is 1.62. The molecule has 1 heterocycles. The number of nitrogens with zero attached hydrogens (tertiary/aromatic N) is 1. The van der Waals surface area contributed by atoms with E-state index in [1.165, 1.54) is 0 Å². The van der Waals surface area contributed by atoms with E-state index in [1.807, 2.05) is 0 Å². The second-order valence-corrected chi connectivity index (χ2v) is 3.52. The fourth-order valence-corrected chi connectivity index (χ4v) is 1.33. The van der Waals surface area contributed by atoms with E-state index >= 15 is 0 Å². The van der Waals surface area contributed by atoms with Crippen LogP contribution in [0.4, 0.5) is 0 Å². The van der Waals surface area contributed by atoms with Gasteiger partial charge in [0.05, 0.1) is 0 Å². The van der Waals surface area contributed by atoms with E-state index in [4.69, 9.17) is 10.3 Å². The van der Waals surface area contributed by atoms with Crippen LogP contribution in [0.2, 0.25) is 0 Å². The Morgan fingerprint density at radius 3 is 2.93 bits per heavy atom. The summed E-state index contributed by atoms with van der Waals surface area (Å²) in [5.41, 5.74) is 5.84. The number of carbonyl (C=O) groups is 1. The van der Waals surface area contributed by atoms with E-state index in [2.05, 4.69) is 17.4 Å². The van der Waals surface area contributed by atoms with E-state index in [0.717, 1.165) is 12.8 Å². The van der Waals surface area contributed by atoms with Crippen LogP contribution in [0.1, 0.15) is 36.0 Å². The lowest BCUT2D eigenvalue weighted by molar-refractivity contribution is 0.0927. The topological polar surface area (TPSA) is 81.1 Å². The Kier molecular flexibility index (Phi) is 4.30. The van der Waals surface area contributed by atoms with Gasteiger partial charge < -0.3 is 15.6 Å². The largest absolute Gasteiger partial charge is 0.361 e. The van der Waals surface area contributed by atoms with Crippen LogP contribution in [0.5, 0.6) is 0 Å². The molecule has 1 unspecified atom stereocenters. The summed E-state index contributed by atoms with van der Waals surface area (Å²) >= 11 is 0. The molecule has 5 nitrogen and oxygen atoms in total. The molecule has 15 heavy (non-hydrogen) atoms. The summed E-state index contributed by atoms with van der Waals surface area (Å²) in [6.45, 7) is 4.24. The Bertz CT molecular complexity index is 322. The number of rotatable bonds is 5. The zero-order valence-corrected chi connectivity index (χ0v) is 9.12. The first-order valence-electron chi connectivity index (χ1n) is 5.11. The maximum atomic E-state index is 11.6. The number of carbonyl (C=O) groups excluding carboxylic acids is 1. The minimum absolute atomic E-state index is 0.0134. The van der Waals surface area contributed by atoms with Crippen LogP contribution in [0.3, 0.4) is 0 Å². The lowest BCUT2D eigenvalue weighted by Gasteiger charge is -2.14. The van der Waals surface area contributed by atoms with Crippen LogP contribution in [-0.4, -0.2) is 23.7 Å². The van der Waals surface area contributed by atoms with Gasteiger partial charge in [0.2, 0.25) is 0 Å². The summed E-state index contributed by atoms with van der Waals surface area (Å²) in [5, 5.41) is 6.45. The first-order valence-corrected chi connectivity index (χ1v) is 5.11. The summed E-state index contributed by atoms with van der Waals surface area (Å²) in [5.74, 6) is 0.399. The van der Waals surface area contributed by atoms with Crippen molar-refractivity contribution < 1.29 is 9.32 Å². The second kappa shape index (κ2) is 5.50. The molecular formula is C10H17N3O2. The van der Waals surface area contributed by atoms with Gasteiger partial charge in [-0.1, -0.05) is 18.5 Å². The minimum Gasteiger partial charge on any atom is -0.361 e. The van der Waals surface area contributed by atoms with Crippen LogP contribution in [-0.2, 0) is 0 Å². The number of amides is 1. The molecule has 1 amide bonds. The van der Waals surface area contributed by atoms with Crippen LogP contribution in [0, 0.1) is 6.92 Å². The highest BCUT2D eigenvalue weighted by atomic mass is 16.5. The van der Waals surface area contributed by atoms with E-state index < -0.39 is 0 Å². The first kappa shape index (κ1) is 11.7. The molecule has 84 valence electrons. The molecule has 1 aromatic rings. The SMILES string of the molecule is CCCC(CN)NC(=O)c1cc(C)on1. The van der Waals surface area contributed by atoms with Gasteiger partial charge in [-0.05, 0) is 13.3 Å². The number of hydrogen-bond acceptors (Lipinski definition) is 4. The fraction of sp³-hybridized carbons (Fsp3) is 0.600. The Labute approximate surface area is 89.0 Å². The Morgan fingerprint density at radius 2 is 2.47 bits per heavy atom. The zero-order valence-electron chi connectivity index (χ0n) is 9.12. The minimum atomic E-state index is -0.226. The second-order valence-electron chi connectivity index (χ2n) is 3.52. The third-order valence-corrected chi connectivity index (χ3v) is 2.12. The molecular weight excluding hydrogens is 194 g/mol. The van der Waals surface area contributed by atoms with Crippen LogP contribution >= 0.6 is 0 Å². The summed E-state index contributed by atoms with van der Waals surface area (Å²) in [6.07, 6.45) is 1.86. The van der Waals surface area contributed by atoms with Gasteiger partial charge in [0, 0.05) is 18.7 Å². The van der Waals surface area contributed by atoms with Gasteiger partial charge in [-0.2, -0.15) is 0 Å². The average molecular weight is 211 g/mol. The van der Waals surface area contributed by atoms with Gasteiger partial charge in [-0.3, -0.25) is 4.79 Å². The van der Waals surface area contributed by atoms with Gasteiger partial charge in [0.15, 0.2) is 5.69 Å². The molecule has 1 atom stereocenters. The molecule has 0 saturated heterocycles. The highest BCUT2D eigenvalue weighted by molar-refractivity contribution is 5.92. The molecule has 1 rings (SSSR count). The molecule has 0 saturated carbocycles. The van der Waals surface area contributed by atoms with E-state index in [9.17, 15) is 4.79 Å². The first-order chi connectivity index (χ1) is 7.17. The van der Waals surface area contributed by atoms with Gasteiger partial charge in [-0.15, -0.1) is 0 Å². The monoisotopic (exact) mass is 211 g/mol. The third-order valence-electron chi connectivity index (χ3n) is 2.12. The number of aryl methyl sites for hydroxylation is 1. The van der Waals surface area contributed by atoms with Gasteiger partial charge in [0.25, 0.3) is 5.91 Å². The van der Waals surface area contributed by atoms with Crippen LogP contribution in [0.15, 0.2) is 10.6 Å². The fourth-order valence-electron chi connectivity index (χ4n) is 1.33. The molecule has 0 aliphatic carbocycles. The maximum Gasteiger partial charge on any atom is 0.273 e. The van der Waals surface area contributed by atoms with Crippen molar-refractivity contribution in [1.29, 1.82) is 0 Å². The normalized spacial score (nSPS) is 12.5. The molecule has 0 aliphatic heterocycles. The van der Waals surface area contributed by atoms with Crippen molar-refractivity contribution in [3.63, 3.8) is 0 Å². The van der Waals surface area contributed by atoms with Gasteiger partial charge in [0.1, 0.15) is 5.76 Å². The van der Waals surface area contributed by atoms with Crippen LogP contribution < -0.4 is 11.1 Å². The number of hydrogen-bond donors (Lipinski definition) is 2. The van der Waals surface area contributed by atoms with Crippen molar-refractivity contribution in [2.45, 2.75) is 32.7 Å². The molecule has 0 aliphatic rings. The predicted molar refractivity (Wildman–Crippen MR) is 56.5 cm³/mol. The molecule has 0 spiro atoms. The summed E-state index contributed by atoms with van der Waals surface area (Å²) in [7, 11) is 0. The van der Waals surface area contributed by atoms with Crippen molar-refractivity contribution in [3.05, 3.63) is 17.5 Å². The van der Waals surface area contributed by atoms with Crippen molar-refractivity contribution in [2.75, 3.05) is 6.54 Å². The third kappa shape index (κ3) is 3.36. The molecule has 0 fully saturated rings. The predicted octanol–water partition coefficient (Wildman–Crippen LogP) is 0.840. The standard InChI is InChI=1S/C10H17N3O2/c1-3-4-8(6-11)12-10(14)9-5-7(2)15-13-9/h5,8H,3-4,6,11H2,1-2H3,(H,12,14). The van der Waals surface area contributed by atoms with Crippen molar-refractivity contribution in [2.24, 2.45) is 5.73 Å². The maximum absolute atomic E-state index is 11.6. The molecule has 3 N–H and O–H groups in total. The van der Waals surface area contributed by atoms with Gasteiger partial charge >= 0.3 is 0 Å². The number of nitrogens with one attached hydrogen (secondary N) is 1. The van der Waals surface area contributed by atoms with Crippen LogP contribution in [0.25, 0.3) is 0 Å². The molecule has 0 radical (unpaired) electrons. The summed E-state index contributed by atoms with van der Waals surface area (Å²) in [4.78, 5) is 11.6. The molecule has 1 aromatic heterocycles. The highest BCUT2D eigenvalue weighted by Crippen LogP contribution is 2.02. The zero-order chi connectivity index (χ0) is 11.3. The Hall–Kier alpha value is -1.36. The average Bonchev–Trinajstić information content (AvgIpc) is 2.64. The Balaban J connectivity index is 2.54. The highest BCUT2D eigenvalue weighted by Gasteiger charge is 2.14. The summed E-state index contributed by atoms with van der Waals surface area (Å²) < 4.78 is 4.82. The number of aromatic nitrogens is 1. The van der Waals surface area contributed by atoms with E-state index in [0.29, 0.717) is 18.0 Å². The smallest absolute Gasteiger partial charge is 0.273 e. The molecule has 5 heteroatoms. The quantitative estimate of drug-likeness (QED) is 0.756. The van der Waals surface area contributed by atoms with Crippen molar-refractivity contribution >= 4 is 5.91 Å². The molecule has 0 bridgehead atoms. The van der Waals surface area contributed by atoms with E-state index in [-0.39, 0.29) is 11.9 Å². The van der Waals surface area contributed by atoms with Crippen molar-refractivity contribution in [1.82, 2.24) is 10.5 Å². The lowest BCUT2D eigenvalue weighted by atomic mass is 10.1. The van der Waals surface area contributed by atoms with E-state index in [1.54, 1.807) is 13.0 Å². The Morgan fingerprint density at radius 1 is 1.73 bits per heavy atom. The lowest BCUT2D eigenvalue weighted by Crippen LogP contribution is -2.40.